The van der Waals surface area contributed by atoms with Crippen LogP contribution in [0.2, 0.25) is 5.02 Å². The first-order chi connectivity index (χ1) is 24.5. The molecule has 14 heteroatoms. The SMILES string of the molecule is COc1ccc(-c2oc3c(c2CC(=O)NCCn2c(=O)c(=O)[nH]c4ccccc42)C(=O)[C@@]2(Oc4c(Cl)c(OC)cc(OC)c4C2=O)[C@H](C)C3)cc1. The molecule has 3 aromatic carbocycles. The van der Waals surface area contributed by atoms with Crippen LogP contribution in [0.1, 0.15) is 39.0 Å². The number of ketones is 2. The van der Waals surface area contributed by atoms with Gasteiger partial charge in [0, 0.05) is 42.6 Å². The predicted octanol–water partition coefficient (Wildman–Crippen LogP) is 4.38. The molecule has 0 saturated carbocycles. The highest BCUT2D eigenvalue weighted by molar-refractivity contribution is 6.36. The average molecular weight is 714 g/mol. The van der Waals surface area contributed by atoms with Crippen LogP contribution >= 0.6 is 11.6 Å². The number of fused-ring (bicyclic) bond motifs is 3. The summed E-state index contributed by atoms with van der Waals surface area (Å²) in [6.07, 6.45) is -0.193. The van der Waals surface area contributed by atoms with Crippen molar-refractivity contribution in [3.05, 3.63) is 103 Å². The lowest BCUT2D eigenvalue weighted by molar-refractivity contribution is -0.120. The molecule has 5 aromatic rings. The second-order valence-corrected chi connectivity index (χ2v) is 12.7. The van der Waals surface area contributed by atoms with E-state index < -0.39 is 40.1 Å². The Morgan fingerprint density at radius 1 is 0.980 bits per heavy atom. The summed E-state index contributed by atoms with van der Waals surface area (Å²) >= 11 is 6.61. The lowest BCUT2D eigenvalue weighted by Gasteiger charge is -2.35. The molecular weight excluding hydrogens is 682 g/mol. The topological polar surface area (TPSA) is 168 Å². The number of rotatable bonds is 9. The monoisotopic (exact) mass is 713 g/mol. The van der Waals surface area contributed by atoms with Gasteiger partial charge in [0.15, 0.2) is 5.75 Å². The van der Waals surface area contributed by atoms with E-state index >= 15 is 0 Å². The van der Waals surface area contributed by atoms with E-state index in [1.807, 2.05) is 0 Å². The summed E-state index contributed by atoms with van der Waals surface area (Å²) in [6.45, 7) is 1.72. The first kappa shape index (κ1) is 33.7. The molecule has 2 N–H and O–H groups in total. The molecule has 2 atom stereocenters. The fraction of sp³-hybridized carbons (Fsp3) is 0.270. The largest absolute Gasteiger partial charge is 0.497 e. The number of amides is 1. The van der Waals surface area contributed by atoms with Gasteiger partial charge in [0.25, 0.3) is 0 Å². The van der Waals surface area contributed by atoms with Crippen LogP contribution in [0.3, 0.4) is 0 Å². The number of aromatic nitrogens is 2. The van der Waals surface area contributed by atoms with E-state index in [0.29, 0.717) is 28.1 Å². The second kappa shape index (κ2) is 12.8. The van der Waals surface area contributed by atoms with Crippen molar-refractivity contribution < 1.29 is 37.7 Å². The minimum absolute atomic E-state index is 0.00392. The van der Waals surface area contributed by atoms with Gasteiger partial charge in [-0.25, -0.2) is 0 Å². The summed E-state index contributed by atoms with van der Waals surface area (Å²) in [5.41, 5.74) is -1.66. The van der Waals surface area contributed by atoms with Crippen molar-refractivity contribution in [1.29, 1.82) is 0 Å². The maximum atomic E-state index is 14.8. The molecule has 1 aliphatic heterocycles. The molecule has 51 heavy (non-hydrogen) atoms. The molecule has 13 nitrogen and oxygen atoms in total. The zero-order chi connectivity index (χ0) is 36.2. The van der Waals surface area contributed by atoms with Gasteiger partial charge in [-0.1, -0.05) is 30.7 Å². The third kappa shape index (κ3) is 5.27. The summed E-state index contributed by atoms with van der Waals surface area (Å²) < 4.78 is 30.1. The fourth-order valence-electron chi connectivity index (χ4n) is 6.95. The van der Waals surface area contributed by atoms with Crippen LogP contribution in [0.5, 0.6) is 23.0 Å². The van der Waals surface area contributed by atoms with Gasteiger partial charge in [-0.3, -0.25) is 24.0 Å². The van der Waals surface area contributed by atoms with E-state index in [0.717, 1.165) is 0 Å². The summed E-state index contributed by atoms with van der Waals surface area (Å²) in [6, 6.07) is 15.2. The Labute approximate surface area is 295 Å². The maximum absolute atomic E-state index is 14.8. The molecule has 3 heterocycles. The molecule has 0 unspecified atom stereocenters. The van der Waals surface area contributed by atoms with E-state index in [1.54, 1.807) is 55.5 Å². The van der Waals surface area contributed by atoms with Crippen molar-refractivity contribution in [2.45, 2.75) is 31.9 Å². The van der Waals surface area contributed by atoms with Crippen LogP contribution in [0.15, 0.2) is 68.6 Å². The van der Waals surface area contributed by atoms with Crippen LogP contribution in [0.25, 0.3) is 22.4 Å². The van der Waals surface area contributed by atoms with Gasteiger partial charge in [-0.15, -0.1) is 0 Å². The first-order valence-corrected chi connectivity index (χ1v) is 16.4. The summed E-state index contributed by atoms with van der Waals surface area (Å²) in [7, 11) is 4.32. The van der Waals surface area contributed by atoms with Crippen LogP contribution in [-0.2, 0) is 24.2 Å². The molecule has 0 fully saturated rings. The molecule has 0 saturated heterocycles. The van der Waals surface area contributed by atoms with E-state index in [1.165, 1.54) is 32.0 Å². The number of carbonyl (C=O) groups is 3. The number of nitrogens with zero attached hydrogens (tertiary/aromatic N) is 1. The number of furan rings is 1. The number of hydrogen-bond acceptors (Lipinski definition) is 10. The molecule has 0 radical (unpaired) electrons. The Balaban J connectivity index is 1.26. The molecular formula is C37H32ClN3O10. The van der Waals surface area contributed by atoms with Gasteiger partial charge in [-0.2, -0.15) is 0 Å². The van der Waals surface area contributed by atoms with E-state index in [-0.39, 0.29) is 70.7 Å². The Morgan fingerprint density at radius 2 is 1.69 bits per heavy atom. The maximum Gasteiger partial charge on any atom is 0.316 e. The Hall–Kier alpha value is -5.82. The third-order valence-electron chi connectivity index (χ3n) is 9.48. The van der Waals surface area contributed by atoms with E-state index in [9.17, 15) is 24.0 Å². The highest BCUT2D eigenvalue weighted by Gasteiger charge is 2.63. The van der Waals surface area contributed by atoms with Crippen molar-refractivity contribution in [2.24, 2.45) is 5.92 Å². The zero-order valence-electron chi connectivity index (χ0n) is 28.0. The van der Waals surface area contributed by atoms with Crippen LogP contribution in [0.4, 0.5) is 0 Å². The predicted molar refractivity (Wildman–Crippen MR) is 186 cm³/mol. The number of H-pyrrole nitrogens is 1. The fourth-order valence-corrected chi connectivity index (χ4v) is 7.22. The van der Waals surface area contributed by atoms with Crippen molar-refractivity contribution in [1.82, 2.24) is 14.9 Å². The Kier molecular flexibility index (Phi) is 8.46. The molecule has 1 spiro atoms. The zero-order valence-corrected chi connectivity index (χ0v) is 28.8. The van der Waals surface area contributed by atoms with E-state index in [2.05, 4.69) is 10.3 Å². The van der Waals surface area contributed by atoms with Gasteiger partial charge >= 0.3 is 11.1 Å². The van der Waals surface area contributed by atoms with Gasteiger partial charge in [-0.05, 0) is 36.4 Å². The molecule has 2 aromatic heterocycles. The number of Topliss-reactive ketones (excluding diaryl/α,β-unsaturated/α-hetero) is 2. The molecule has 2 aliphatic rings. The minimum Gasteiger partial charge on any atom is -0.497 e. The normalized spacial score (nSPS) is 17.6. The van der Waals surface area contributed by atoms with Gasteiger partial charge in [0.1, 0.15) is 39.4 Å². The van der Waals surface area contributed by atoms with Crippen LogP contribution in [-0.4, -0.2) is 60.5 Å². The number of hydrogen-bond donors (Lipinski definition) is 2. The minimum atomic E-state index is -2.02. The van der Waals surface area contributed by atoms with Crippen molar-refractivity contribution >= 4 is 40.1 Å². The number of carbonyl (C=O) groups excluding carboxylic acids is 3. The number of nitrogens with one attached hydrogen (secondary N) is 2. The van der Waals surface area contributed by atoms with Gasteiger partial charge in [0.05, 0.1) is 44.3 Å². The highest BCUT2D eigenvalue weighted by Crippen LogP contribution is 2.54. The molecule has 1 aliphatic carbocycles. The Morgan fingerprint density at radius 3 is 2.39 bits per heavy atom. The standard InChI is InChI=1S/C37H32ClN3O10/c1-18-15-25-28(33(43)37(18)34(44)29-24(48-3)17-26(49-4)30(38)32(29)51-37)21(31(50-25)19-9-11-20(47-2)12-10-19)16-27(42)39-13-14-41-23-8-6-5-7-22(23)40-35(45)36(41)46/h5-12,17-18H,13-16H2,1-4H3,(H,39,42)(H,40,45)/t18-,37+/m1/s1. The van der Waals surface area contributed by atoms with Gasteiger partial charge < -0.3 is 38.2 Å². The van der Waals surface area contributed by atoms with Crippen LogP contribution < -0.4 is 35.4 Å². The third-order valence-corrected chi connectivity index (χ3v) is 9.84. The summed E-state index contributed by atoms with van der Waals surface area (Å²) in [4.78, 5) is 70.3. The lowest BCUT2D eigenvalue weighted by atomic mass is 9.70. The van der Waals surface area contributed by atoms with Crippen molar-refractivity contribution in [3.8, 4) is 34.3 Å². The summed E-state index contributed by atoms with van der Waals surface area (Å²) in [5.74, 6) is -1.03. The number of para-hydroxylation sites is 2. The van der Waals surface area contributed by atoms with Gasteiger partial charge in [0.2, 0.25) is 23.1 Å². The number of halogens is 1. The number of ether oxygens (including phenoxy) is 4. The number of methoxy groups -OCH3 is 3. The van der Waals surface area contributed by atoms with Crippen molar-refractivity contribution in [3.63, 3.8) is 0 Å². The average Bonchev–Trinajstić information content (AvgIpc) is 3.65. The number of aromatic amines is 1. The second-order valence-electron chi connectivity index (χ2n) is 12.3. The quantitative estimate of drug-likeness (QED) is 0.165. The van der Waals surface area contributed by atoms with Crippen LogP contribution in [0, 0.1) is 5.92 Å². The van der Waals surface area contributed by atoms with Crippen molar-refractivity contribution in [2.75, 3.05) is 27.9 Å². The smallest absolute Gasteiger partial charge is 0.316 e. The first-order valence-electron chi connectivity index (χ1n) is 16.0. The highest BCUT2D eigenvalue weighted by atomic mass is 35.5. The van der Waals surface area contributed by atoms with E-state index in [4.69, 9.17) is 35.0 Å². The molecule has 0 bridgehead atoms. The Bertz CT molecular complexity index is 2380. The summed E-state index contributed by atoms with van der Waals surface area (Å²) in [5, 5.41) is 2.81. The number of benzene rings is 3. The molecule has 1 amide bonds. The molecule has 7 rings (SSSR count). The molecule has 262 valence electrons. The lowest BCUT2D eigenvalue weighted by Crippen LogP contribution is -2.56.